The first-order valence-electron chi connectivity index (χ1n) is 31.0. The molecule has 0 atom stereocenters. The second kappa shape index (κ2) is 33.2. The van der Waals surface area contributed by atoms with Crippen LogP contribution in [0.5, 0.6) is 0 Å². The van der Waals surface area contributed by atoms with Crippen molar-refractivity contribution in [1.29, 1.82) is 0 Å². The van der Waals surface area contributed by atoms with Crippen LogP contribution in [0.4, 0.5) is 72.6 Å². The number of rotatable bonds is 6. The number of aryl methyl sites for hydroxylation is 2. The summed E-state index contributed by atoms with van der Waals surface area (Å²) >= 11 is 11.3. The summed E-state index contributed by atoms with van der Waals surface area (Å²) in [5.74, 6) is -0.463. The maximum atomic E-state index is 12.4. The fraction of sp³-hybridized carbons (Fsp3) is 0.0390. The topological polar surface area (TPSA) is 472 Å². The molecule has 0 heterocycles. The van der Waals surface area contributed by atoms with E-state index in [0.717, 1.165) is 50.7 Å². The quantitative estimate of drug-likeness (QED) is 0.0543. The van der Waals surface area contributed by atoms with Gasteiger partial charge in [-0.1, -0.05) is 163 Å². The zero-order valence-electron chi connectivity index (χ0n) is 55.7. The molecular formula is C77H73Cl2FN12O9S3. The molecular weight excluding hydrogens is 1420 g/mol. The van der Waals surface area contributed by atoms with Crippen LogP contribution in [0.3, 0.4) is 0 Å². The van der Waals surface area contributed by atoms with E-state index in [1.165, 1.54) is 85.6 Å². The van der Waals surface area contributed by atoms with Gasteiger partial charge in [-0.2, -0.15) is 16.8 Å². The average Bonchev–Trinajstić information content (AvgIpc) is 1.54. The molecule has 27 heteroatoms. The molecule has 13 aromatic rings. The van der Waals surface area contributed by atoms with Crippen LogP contribution >= 0.6 is 23.2 Å². The van der Waals surface area contributed by atoms with E-state index in [4.69, 9.17) is 109 Å². The maximum Gasteiger partial charge on any atom is 0.425 e. The van der Waals surface area contributed by atoms with Crippen molar-refractivity contribution in [2.24, 2.45) is 0 Å². The summed E-state index contributed by atoms with van der Waals surface area (Å²) in [7, 11) is -11.7. The summed E-state index contributed by atoms with van der Waals surface area (Å²) < 4.78 is 99.4. The first-order chi connectivity index (χ1) is 49.1. The maximum absolute atomic E-state index is 12.4. The average molecular weight is 1500 g/mol. The number of hydrogen-bond donors (Lipinski definition) is 14. The Labute approximate surface area is 612 Å². The highest BCUT2D eigenvalue weighted by Gasteiger charge is 2.45. The molecule has 13 aromatic carbocycles. The number of fused-ring (bicyclic) bond motifs is 5. The third kappa shape index (κ3) is 18.3. The molecule has 0 bridgehead atoms. The van der Waals surface area contributed by atoms with Gasteiger partial charge < -0.3 is 68.8 Å². The van der Waals surface area contributed by atoms with Gasteiger partial charge in [0.1, 0.15) is 15.6 Å². The number of halogens is 3. The molecule has 21 nitrogen and oxygen atoms in total. The number of nitrogens with two attached hydrogens (primary N) is 12. The molecule has 0 aliphatic heterocycles. The van der Waals surface area contributed by atoms with Crippen molar-refractivity contribution in [3.05, 3.63) is 298 Å². The molecule has 0 radical (unpaired) electrons. The van der Waals surface area contributed by atoms with E-state index in [9.17, 15) is 25.8 Å². The van der Waals surface area contributed by atoms with Crippen LogP contribution in [0.2, 0.25) is 10.0 Å². The van der Waals surface area contributed by atoms with Crippen LogP contribution in [-0.4, -0.2) is 38.6 Å². The van der Waals surface area contributed by atoms with Crippen molar-refractivity contribution in [1.82, 2.24) is 0 Å². The van der Waals surface area contributed by atoms with Crippen molar-refractivity contribution in [3.63, 3.8) is 0 Å². The Kier molecular flexibility index (Phi) is 24.8. The Morgan fingerprint density at radius 2 is 0.683 bits per heavy atom. The van der Waals surface area contributed by atoms with Crippen molar-refractivity contribution >= 4 is 144 Å². The van der Waals surface area contributed by atoms with Gasteiger partial charge in [-0.3, -0.25) is 9.11 Å². The molecule has 0 fully saturated rings. The molecule has 0 saturated carbocycles. The predicted molar refractivity (Wildman–Crippen MR) is 424 cm³/mol. The van der Waals surface area contributed by atoms with Crippen LogP contribution in [0.15, 0.2) is 259 Å². The van der Waals surface area contributed by atoms with Gasteiger partial charge in [0.15, 0.2) is 0 Å². The van der Waals surface area contributed by atoms with E-state index in [0.29, 0.717) is 43.9 Å². The normalized spacial score (nSPS) is 11.5. The fourth-order valence-corrected chi connectivity index (χ4v) is 13.5. The van der Waals surface area contributed by atoms with Crippen LogP contribution in [-0.2, 0) is 36.3 Å². The minimum Gasteiger partial charge on any atom is -0.399 e. The van der Waals surface area contributed by atoms with Crippen LogP contribution in [0.1, 0.15) is 33.4 Å². The molecule has 0 spiro atoms. The minimum atomic E-state index is -4.33. The van der Waals surface area contributed by atoms with Gasteiger partial charge in [-0.15, -0.1) is 12.6 Å². The molecule has 1 aliphatic carbocycles. The van der Waals surface area contributed by atoms with Gasteiger partial charge in [0, 0.05) is 67.5 Å². The Balaban J connectivity index is 0.000000163. The first kappa shape index (κ1) is 77.7. The number of anilines is 12. The molecule has 0 saturated heterocycles. The first-order valence-corrected chi connectivity index (χ1v) is 35.7. The Bertz CT molecular complexity index is 5490. The Morgan fingerprint density at radius 3 is 1.07 bits per heavy atom. The second-order valence-electron chi connectivity index (χ2n) is 23.5. The van der Waals surface area contributed by atoms with Gasteiger partial charge in [0.05, 0.1) is 32.5 Å². The number of benzene rings is 13. The predicted octanol–water partition coefficient (Wildman–Crippen LogP) is 14.7. The van der Waals surface area contributed by atoms with Crippen molar-refractivity contribution < 1.29 is 43.0 Å². The monoisotopic (exact) mass is 1490 g/mol. The molecule has 104 heavy (non-hydrogen) atoms. The lowest BCUT2D eigenvalue weighted by Crippen LogP contribution is -2.28. The number of nitrogen functional groups attached to an aromatic ring is 12. The summed E-state index contributed by atoms with van der Waals surface area (Å²) in [5.41, 5.74) is 86.0. The molecule has 0 amide bonds. The summed E-state index contributed by atoms with van der Waals surface area (Å²) in [6, 6.07) is 77.1. The highest BCUT2D eigenvalue weighted by molar-refractivity contribution is 7.86. The molecule has 26 N–H and O–H groups in total. The Morgan fingerprint density at radius 1 is 0.346 bits per heavy atom. The number of hydrogen-bond acceptors (Lipinski definition) is 19. The fourth-order valence-electron chi connectivity index (χ4n) is 11.6. The van der Waals surface area contributed by atoms with Gasteiger partial charge >= 0.3 is 10.6 Å². The second-order valence-corrected chi connectivity index (χ2v) is 27.5. The molecule has 0 aromatic heterocycles. The van der Waals surface area contributed by atoms with Gasteiger partial charge in [-0.25, -0.2) is 4.39 Å². The molecule has 14 rings (SSSR count). The van der Waals surface area contributed by atoms with Gasteiger partial charge in [0.2, 0.25) is 0 Å². The lowest BCUT2D eigenvalue weighted by atomic mass is 9.67. The molecule has 534 valence electrons. The van der Waals surface area contributed by atoms with Crippen molar-refractivity contribution in [3.8, 4) is 33.4 Å². The van der Waals surface area contributed by atoms with E-state index >= 15 is 0 Å². The summed E-state index contributed by atoms with van der Waals surface area (Å²) in [5, 5.41) is 5.34. The largest absolute Gasteiger partial charge is 0.425 e. The van der Waals surface area contributed by atoms with Crippen LogP contribution in [0, 0.1) is 19.7 Å². The SMILES string of the molecule is Cc1cc(-c2cc(C)c(N)c3ccccc23)c2ccccc2c1N.Nc1cc(Cl)c(N)c(Cl)c1.Nc1ccc(-c2ccc(N)cc2S(=O)(=O)O)cc1.Nc1ccc(C2(c3ccc(N)cc3)c3ccccc3-c3ccccc32)cc1.Nc1ccc(N)c(F)c1.Nc1ccc(N)c(S(=O)(=O)O)c1.O=S(=O)=O. The summed E-state index contributed by atoms with van der Waals surface area (Å²) in [6.45, 7) is 4.13. The standard InChI is InChI=1S/C25H20N2.C22H20N2.C12H12N2O3S.C6H6Cl2N2.C6H7FN2.C6H8N2O3S.O3S/c26-19-13-9-17(10-14-19)25(18-11-15-20(27)16-12-18)23-7-3-1-5-21(23)22-6-2-4-8-24(22)25;1-13-11-19(15-7-3-5-9-17(15)21(13)23)20-12-14(2)22(24)18-10-6-4-8-16(18)20;13-9-3-1-8(2-4-9)11-6-5-10(14)7-12(11)18(15,16)17;7-4-1-3(9)2-5(8)6(4)10;7-5-3-4(8)1-2-6(5)9;7-4-1-2-5(8)6(3-4)12(9,10)11;1-4(2)3/h1-16H,26-27H2;3-12H,23-24H2,1-2H3;1-7H,13-14H2,(H,15,16,17);1-2H,9-10H2;1-3H,8-9H2;1-3H,7-8H2,(H,9,10,11);. The van der Waals surface area contributed by atoms with Crippen LogP contribution in [0.25, 0.3) is 54.9 Å². The van der Waals surface area contributed by atoms with Crippen LogP contribution < -0.4 is 68.8 Å². The van der Waals surface area contributed by atoms with Gasteiger partial charge in [0.25, 0.3) is 20.2 Å². The Hall–Kier alpha value is -12.1. The van der Waals surface area contributed by atoms with Crippen molar-refractivity contribution in [2.75, 3.05) is 68.8 Å². The molecule has 0 unspecified atom stereocenters. The van der Waals surface area contributed by atoms with E-state index < -0.39 is 36.7 Å². The van der Waals surface area contributed by atoms with E-state index in [-0.39, 0.29) is 38.0 Å². The summed E-state index contributed by atoms with van der Waals surface area (Å²) in [4.78, 5) is -0.574. The third-order valence-corrected chi connectivity index (χ3v) is 18.9. The van der Waals surface area contributed by atoms with Crippen molar-refractivity contribution in [2.45, 2.75) is 29.1 Å². The highest BCUT2D eigenvalue weighted by atomic mass is 35.5. The van der Waals surface area contributed by atoms with E-state index in [2.05, 4.69) is 135 Å². The highest BCUT2D eigenvalue weighted by Crippen LogP contribution is 2.56. The lowest BCUT2D eigenvalue weighted by molar-refractivity contribution is 0.481. The zero-order valence-corrected chi connectivity index (χ0v) is 59.7. The summed E-state index contributed by atoms with van der Waals surface area (Å²) in [6.07, 6.45) is 0. The minimum absolute atomic E-state index is 0.0216. The smallest absolute Gasteiger partial charge is 0.399 e. The zero-order chi connectivity index (χ0) is 76.1. The lowest BCUT2D eigenvalue weighted by Gasteiger charge is -2.34. The molecule has 1 aliphatic rings. The van der Waals surface area contributed by atoms with E-state index in [1.807, 2.05) is 36.4 Å². The third-order valence-electron chi connectivity index (χ3n) is 16.5. The van der Waals surface area contributed by atoms with E-state index in [1.54, 1.807) is 54.6 Å². The van der Waals surface area contributed by atoms with Gasteiger partial charge in [-0.05, 0) is 195 Å².